The van der Waals surface area contributed by atoms with Gasteiger partial charge in [-0.05, 0) is 13.3 Å². The molecule has 6 nitrogen and oxygen atoms in total. The zero-order valence-electron chi connectivity index (χ0n) is 9.97. The average molecular weight is 266 g/mol. The molecule has 3 rings (SSSR count). The van der Waals surface area contributed by atoms with E-state index in [1.54, 1.807) is 28.9 Å². The number of hydrogen-bond acceptors (Lipinski definition) is 4. The molecule has 96 valence electrons. The lowest BCUT2D eigenvalue weighted by atomic mass is 10.2. The van der Waals surface area contributed by atoms with E-state index in [9.17, 15) is 9.59 Å². The molecule has 18 heavy (non-hydrogen) atoms. The molecule has 2 aliphatic heterocycles. The Morgan fingerprint density at radius 1 is 1.72 bits per heavy atom. The van der Waals surface area contributed by atoms with E-state index in [0.717, 1.165) is 6.42 Å². The van der Waals surface area contributed by atoms with Crippen LogP contribution in [0.15, 0.2) is 12.3 Å². The summed E-state index contributed by atoms with van der Waals surface area (Å²) in [6, 6.07) is 1.31. The molecule has 2 atom stereocenters. The SMILES string of the molecule is CC12CCC(=O)N1C(C(=O)Nc1ccn[nH]1)CS2. The Morgan fingerprint density at radius 2 is 2.56 bits per heavy atom. The number of thioether (sulfide) groups is 1. The number of rotatable bonds is 2. The molecule has 0 radical (unpaired) electrons. The molecule has 0 aliphatic carbocycles. The van der Waals surface area contributed by atoms with Crippen LogP contribution < -0.4 is 5.32 Å². The second kappa shape index (κ2) is 4.01. The molecular weight excluding hydrogens is 252 g/mol. The second-order valence-corrected chi connectivity index (χ2v) is 6.23. The number of carbonyl (C=O) groups is 2. The molecule has 2 N–H and O–H groups in total. The molecule has 1 aromatic heterocycles. The van der Waals surface area contributed by atoms with Gasteiger partial charge in [0.25, 0.3) is 0 Å². The normalized spacial score (nSPS) is 30.6. The van der Waals surface area contributed by atoms with E-state index in [4.69, 9.17) is 0 Å². The van der Waals surface area contributed by atoms with Crippen molar-refractivity contribution in [2.24, 2.45) is 0 Å². The molecule has 2 saturated heterocycles. The zero-order chi connectivity index (χ0) is 12.8. The van der Waals surface area contributed by atoms with Crippen LogP contribution in [-0.4, -0.2) is 43.6 Å². The van der Waals surface area contributed by atoms with Gasteiger partial charge in [0, 0.05) is 18.2 Å². The van der Waals surface area contributed by atoms with Gasteiger partial charge in [-0.3, -0.25) is 14.7 Å². The summed E-state index contributed by atoms with van der Waals surface area (Å²) in [5.41, 5.74) is 0. The Kier molecular flexibility index (Phi) is 2.58. The third kappa shape index (κ3) is 1.69. The number of amides is 2. The number of hydrogen-bond donors (Lipinski definition) is 2. The van der Waals surface area contributed by atoms with Gasteiger partial charge >= 0.3 is 0 Å². The number of fused-ring (bicyclic) bond motifs is 1. The number of H-pyrrole nitrogens is 1. The Labute approximate surface area is 108 Å². The van der Waals surface area contributed by atoms with Gasteiger partial charge in [-0.1, -0.05) is 0 Å². The highest BCUT2D eigenvalue weighted by atomic mass is 32.2. The molecule has 0 saturated carbocycles. The first kappa shape index (κ1) is 11.6. The van der Waals surface area contributed by atoms with Crippen LogP contribution in [0.1, 0.15) is 19.8 Å². The van der Waals surface area contributed by atoms with Crippen molar-refractivity contribution in [3.63, 3.8) is 0 Å². The Balaban J connectivity index is 1.77. The molecule has 2 aliphatic rings. The van der Waals surface area contributed by atoms with Gasteiger partial charge in [-0.25, -0.2) is 0 Å². The monoisotopic (exact) mass is 266 g/mol. The van der Waals surface area contributed by atoms with Gasteiger partial charge in [0.2, 0.25) is 11.8 Å². The van der Waals surface area contributed by atoms with E-state index >= 15 is 0 Å². The summed E-state index contributed by atoms with van der Waals surface area (Å²) in [5.74, 6) is 1.14. The van der Waals surface area contributed by atoms with Crippen LogP contribution in [-0.2, 0) is 9.59 Å². The van der Waals surface area contributed by atoms with Crippen molar-refractivity contribution in [3.8, 4) is 0 Å². The molecule has 3 heterocycles. The Bertz CT molecular complexity index is 489. The van der Waals surface area contributed by atoms with E-state index in [1.807, 2.05) is 6.92 Å². The van der Waals surface area contributed by atoms with Crippen molar-refractivity contribution in [1.82, 2.24) is 15.1 Å². The first-order valence-electron chi connectivity index (χ1n) is 5.86. The summed E-state index contributed by atoms with van der Waals surface area (Å²) in [6.45, 7) is 2.03. The molecule has 2 fully saturated rings. The number of nitrogens with one attached hydrogen (secondary N) is 2. The Morgan fingerprint density at radius 3 is 3.28 bits per heavy atom. The zero-order valence-corrected chi connectivity index (χ0v) is 10.8. The predicted octanol–water partition coefficient (Wildman–Crippen LogP) is 0.802. The van der Waals surface area contributed by atoms with E-state index in [1.165, 1.54) is 0 Å². The minimum atomic E-state index is -0.377. The van der Waals surface area contributed by atoms with Gasteiger partial charge in [-0.2, -0.15) is 5.10 Å². The molecule has 1 aromatic rings. The van der Waals surface area contributed by atoms with Crippen LogP contribution in [0, 0.1) is 0 Å². The van der Waals surface area contributed by atoms with Crippen LogP contribution in [0.3, 0.4) is 0 Å². The molecule has 0 spiro atoms. The maximum absolute atomic E-state index is 12.2. The van der Waals surface area contributed by atoms with Crippen molar-refractivity contribution in [3.05, 3.63) is 12.3 Å². The summed E-state index contributed by atoms with van der Waals surface area (Å²) < 4.78 is 0. The fraction of sp³-hybridized carbons (Fsp3) is 0.545. The van der Waals surface area contributed by atoms with Crippen molar-refractivity contribution >= 4 is 29.4 Å². The number of nitrogens with zero attached hydrogens (tertiary/aromatic N) is 2. The number of carbonyl (C=O) groups excluding carboxylic acids is 2. The first-order valence-corrected chi connectivity index (χ1v) is 6.85. The molecule has 0 bridgehead atoms. The third-order valence-electron chi connectivity index (χ3n) is 3.51. The van der Waals surface area contributed by atoms with Crippen LogP contribution in [0.4, 0.5) is 5.82 Å². The summed E-state index contributed by atoms with van der Waals surface area (Å²) >= 11 is 1.69. The van der Waals surface area contributed by atoms with Gasteiger partial charge in [0.1, 0.15) is 11.9 Å². The van der Waals surface area contributed by atoms with Crippen LogP contribution in [0.2, 0.25) is 0 Å². The van der Waals surface area contributed by atoms with E-state index < -0.39 is 0 Å². The Hall–Kier alpha value is -1.50. The van der Waals surface area contributed by atoms with Crippen LogP contribution in [0.25, 0.3) is 0 Å². The minimum Gasteiger partial charge on any atom is -0.315 e. The number of aromatic amines is 1. The molecule has 7 heteroatoms. The van der Waals surface area contributed by atoms with Crippen molar-refractivity contribution in [2.45, 2.75) is 30.7 Å². The van der Waals surface area contributed by atoms with E-state index in [2.05, 4.69) is 15.5 Å². The molecule has 2 amide bonds. The summed E-state index contributed by atoms with van der Waals surface area (Å²) in [6.07, 6.45) is 2.94. The van der Waals surface area contributed by atoms with Crippen LogP contribution >= 0.6 is 11.8 Å². The summed E-state index contributed by atoms with van der Waals surface area (Å²) in [7, 11) is 0. The first-order chi connectivity index (χ1) is 8.60. The lowest BCUT2D eigenvalue weighted by Crippen LogP contribution is -2.48. The lowest BCUT2D eigenvalue weighted by molar-refractivity contribution is -0.135. The molecular formula is C11H14N4O2S. The molecule has 0 aromatic carbocycles. The van der Waals surface area contributed by atoms with E-state index in [-0.39, 0.29) is 22.7 Å². The summed E-state index contributed by atoms with van der Waals surface area (Å²) in [5, 5.41) is 9.20. The average Bonchev–Trinajstić information content (AvgIpc) is 2.99. The van der Waals surface area contributed by atoms with Crippen molar-refractivity contribution in [2.75, 3.05) is 11.1 Å². The lowest BCUT2D eigenvalue weighted by Gasteiger charge is -2.29. The molecule has 2 unspecified atom stereocenters. The van der Waals surface area contributed by atoms with E-state index in [0.29, 0.717) is 18.0 Å². The highest BCUT2D eigenvalue weighted by Crippen LogP contribution is 2.47. The standard InChI is InChI=1S/C11H14N4O2S/c1-11-4-2-9(16)15(11)7(6-18-11)10(17)13-8-3-5-12-14-8/h3,5,7H,2,4,6H2,1H3,(H2,12,13,14,17). The fourth-order valence-electron chi connectivity index (χ4n) is 2.56. The maximum Gasteiger partial charge on any atom is 0.249 e. The fourth-order valence-corrected chi connectivity index (χ4v) is 3.99. The van der Waals surface area contributed by atoms with Gasteiger partial charge < -0.3 is 10.2 Å². The van der Waals surface area contributed by atoms with Crippen molar-refractivity contribution in [1.29, 1.82) is 0 Å². The highest BCUT2D eigenvalue weighted by molar-refractivity contribution is 8.01. The van der Waals surface area contributed by atoms with Gasteiger partial charge in [0.15, 0.2) is 0 Å². The predicted molar refractivity (Wildman–Crippen MR) is 67.9 cm³/mol. The van der Waals surface area contributed by atoms with Gasteiger partial charge in [-0.15, -0.1) is 11.8 Å². The smallest absolute Gasteiger partial charge is 0.249 e. The van der Waals surface area contributed by atoms with Crippen molar-refractivity contribution < 1.29 is 9.59 Å². The third-order valence-corrected chi connectivity index (χ3v) is 5.01. The largest absolute Gasteiger partial charge is 0.315 e. The number of aromatic nitrogens is 2. The second-order valence-electron chi connectivity index (χ2n) is 4.73. The topological polar surface area (TPSA) is 78.1 Å². The summed E-state index contributed by atoms with van der Waals surface area (Å²) in [4.78, 5) is 25.6. The quantitative estimate of drug-likeness (QED) is 0.830. The number of anilines is 1. The minimum absolute atomic E-state index is 0.0762. The van der Waals surface area contributed by atoms with Gasteiger partial charge in [0.05, 0.1) is 11.1 Å². The maximum atomic E-state index is 12.2. The highest BCUT2D eigenvalue weighted by Gasteiger charge is 2.52. The van der Waals surface area contributed by atoms with Crippen LogP contribution in [0.5, 0.6) is 0 Å².